The molecule has 0 atom stereocenters. The van der Waals surface area contributed by atoms with Crippen molar-refractivity contribution in [2.24, 2.45) is 0 Å². The molecule has 0 fully saturated rings. The molecule has 0 spiro atoms. The summed E-state index contributed by atoms with van der Waals surface area (Å²) in [5.41, 5.74) is 2.45. The Kier molecular flexibility index (Phi) is 3.71. The van der Waals surface area contributed by atoms with E-state index in [9.17, 15) is 0 Å². The van der Waals surface area contributed by atoms with Gasteiger partial charge in [0.1, 0.15) is 0 Å². The van der Waals surface area contributed by atoms with Gasteiger partial charge in [-0.15, -0.1) is 0 Å². The molecule has 1 heterocycles. The van der Waals surface area contributed by atoms with Crippen LogP contribution in [0.2, 0.25) is 0 Å². The van der Waals surface area contributed by atoms with Gasteiger partial charge in [0, 0.05) is 11.7 Å². The zero-order valence-corrected chi connectivity index (χ0v) is 12.1. The van der Waals surface area contributed by atoms with Gasteiger partial charge >= 0.3 is 0 Å². The quantitative estimate of drug-likeness (QED) is 0.787. The Bertz CT molecular complexity index is 562. The predicted octanol–water partition coefficient (Wildman–Crippen LogP) is 4.75. The summed E-state index contributed by atoms with van der Waals surface area (Å²) in [7, 11) is 0. The normalized spacial score (nSPS) is 11.7. The number of nitrogens with one attached hydrogen (secondary N) is 1. The smallest absolute Gasteiger partial charge is 0.178 e. The Morgan fingerprint density at radius 2 is 1.78 bits per heavy atom. The number of hydrogen-bond acceptors (Lipinski definition) is 1. The minimum Gasteiger partial charge on any atom is -0.337 e. The molecule has 0 radical (unpaired) electrons. The molecule has 0 saturated heterocycles. The van der Waals surface area contributed by atoms with Gasteiger partial charge in [-0.3, -0.25) is 0 Å². The summed E-state index contributed by atoms with van der Waals surface area (Å²) < 4.78 is 3.07. The molecule has 0 amide bonds. The van der Waals surface area contributed by atoms with Gasteiger partial charge in [0.2, 0.25) is 0 Å². The van der Waals surface area contributed by atoms with Crippen LogP contribution in [0.4, 0.5) is 0 Å². The van der Waals surface area contributed by atoms with E-state index in [4.69, 9.17) is 12.2 Å². The fourth-order valence-corrected chi connectivity index (χ4v) is 2.67. The van der Waals surface area contributed by atoms with Gasteiger partial charge in [0.05, 0.1) is 5.69 Å². The lowest BCUT2D eigenvalue weighted by Gasteiger charge is -2.30. The average molecular weight is 260 g/mol. The van der Waals surface area contributed by atoms with Crippen molar-refractivity contribution in [1.82, 2.24) is 9.55 Å². The highest BCUT2D eigenvalue weighted by atomic mass is 32.1. The molecule has 0 aliphatic rings. The summed E-state index contributed by atoms with van der Waals surface area (Å²) in [5, 5.41) is 0. The van der Waals surface area contributed by atoms with Crippen LogP contribution in [0.25, 0.3) is 11.3 Å². The molecule has 0 bridgehead atoms. The molecule has 96 valence electrons. The number of aromatic nitrogens is 2. The summed E-state index contributed by atoms with van der Waals surface area (Å²) in [6.07, 6.45) is 4.15. The SMILES string of the molecule is CCC(C)(CC)n1c(-c2ccccc2)c[nH]c1=S. The third-order valence-electron chi connectivity index (χ3n) is 3.91. The lowest BCUT2D eigenvalue weighted by molar-refractivity contribution is 0.294. The monoisotopic (exact) mass is 260 g/mol. The van der Waals surface area contributed by atoms with Crippen molar-refractivity contribution in [2.75, 3.05) is 0 Å². The highest BCUT2D eigenvalue weighted by Gasteiger charge is 2.25. The molecular formula is C15H20N2S. The van der Waals surface area contributed by atoms with Gasteiger partial charge in [-0.1, -0.05) is 44.2 Å². The van der Waals surface area contributed by atoms with E-state index in [0.717, 1.165) is 17.6 Å². The molecular weight excluding hydrogens is 240 g/mol. The molecule has 18 heavy (non-hydrogen) atoms. The van der Waals surface area contributed by atoms with E-state index in [0.29, 0.717) is 0 Å². The van der Waals surface area contributed by atoms with Gasteiger partial charge in [0.15, 0.2) is 4.77 Å². The molecule has 0 aliphatic carbocycles. The Morgan fingerprint density at radius 3 is 2.33 bits per heavy atom. The maximum atomic E-state index is 5.46. The summed E-state index contributed by atoms with van der Waals surface area (Å²) in [6.45, 7) is 6.70. The van der Waals surface area contributed by atoms with E-state index in [1.54, 1.807) is 0 Å². The average Bonchev–Trinajstić information content (AvgIpc) is 2.81. The molecule has 2 aromatic rings. The van der Waals surface area contributed by atoms with Gasteiger partial charge in [0.25, 0.3) is 0 Å². The van der Waals surface area contributed by atoms with Crippen LogP contribution >= 0.6 is 12.2 Å². The number of benzene rings is 1. The van der Waals surface area contributed by atoms with E-state index in [1.807, 2.05) is 12.3 Å². The van der Waals surface area contributed by atoms with Gasteiger partial charge < -0.3 is 9.55 Å². The van der Waals surface area contributed by atoms with Crippen LogP contribution in [0.3, 0.4) is 0 Å². The number of H-pyrrole nitrogens is 1. The van der Waals surface area contributed by atoms with Crippen LogP contribution in [0.1, 0.15) is 33.6 Å². The zero-order chi connectivity index (χ0) is 13.2. The van der Waals surface area contributed by atoms with Crippen LogP contribution in [-0.4, -0.2) is 9.55 Å². The molecule has 1 aromatic carbocycles. The number of rotatable bonds is 4. The topological polar surface area (TPSA) is 20.7 Å². The lowest BCUT2D eigenvalue weighted by Crippen LogP contribution is -2.29. The Labute approximate surface area is 114 Å². The highest BCUT2D eigenvalue weighted by Crippen LogP contribution is 2.31. The maximum Gasteiger partial charge on any atom is 0.178 e. The molecule has 1 N–H and O–H groups in total. The fourth-order valence-electron chi connectivity index (χ4n) is 2.29. The molecule has 3 heteroatoms. The second kappa shape index (κ2) is 5.11. The minimum absolute atomic E-state index is 0.0717. The van der Waals surface area contributed by atoms with Crippen molar-refractivity contribution in [3.63, 3.8) is 0 Å². The van der Waals surface area contributed by atoms with E-state index in [-0.39, 0.29) is 5.54 Å². The largest absolute Gasteiger partial charge is 0.337 e. The van der Waals surface area contributed by atoms with Crippen molar-refractivity contribution in [1.29, 1.82) is 0 Å². The highest BCUT2D eigenvalue weighted by molar-refractivity contribution is 7.71. The third kappa shape index (κ3) is 2.15. The van der Waals surface area contributed by atoms with Crippen molar-refractivity contribution in [2.45, 2.75) is 39.2 Å². The predicted molar refractivity (Wildman–Crippen MR) is 79.3 cm³/mol. The molecule has 0 aliphatic heterocycles. The van der Waals surface area contributed by atoms with Crippen molar-refractivity contribution >= 4 is 12.2 Å². The summed E-state index contributed by atoms with van der Waals surface area (Å²) in [5.74, 6) is 0. The van der Waals surface area contributed by atoms with Crippen molar-refractivity contribution in [3.05, 3.63) is 41.3 Å². The molecule has 2 nitrogen and oxygen atoms in total. The fraction of sp³-hybridized carbons (Fsp3) is 0.400. The van der Waals surface area contributed by atoms with Crippen LogP contribution in [0, 0.1) is 4.77 Å². The molecule has 0 unspecified atom stereocenters. The summed E-state index contributed by atoms with van der Waals surface area (Å²) >= 11 is 5.46. The third-order valence-corrected chi connectivity index (χ3v) is 4.21. The van der Waals surface area contributed by atoms with E-state index < -0.39 is 0 Å². The Hall–Kier alpha value is -1.35. The summed E-state index contributed by atoms with van der Waals surface area (Å²) in [6, 6.07) is 10.4. The lowest BCUT2D eigenvalue weighted by atomic mass is 9.94. The van der Waals surface area contributed by atoms with Crippen LogP contribution < -0.4 is 0 Å². The maximum absolute atomic E-state index is 5.46. The van der Waals surface area contributed by atoms with Crippen LogP contribution in [0.5, 0.6) is 0 Å². The summed E-state index contributed by atoms with van der Waals surface area (Å²) in [4.78, 5) is 3.19. The number of nitrogens with zero attached hydrogens (tertiary/aromatic N) is 1. The molecule has 1 aromatic heterocycles. The standard InChI is InChI=1S/C15H20N2S/c1-4-15(3,5-2)17-13(11-16-14(17)18)12-9-7-6-8-10-12/h6-11H,4-5H2,1-3H3,(H,16,18). The van der Waals surface area contributed by atoms with Crippen LogP contribution in [-0.2, 0) is 5.54 Å². The van der Waals surface area contributed by atoms with Gasteiger partial charge in [-0.25, -0.2) is 0 Å². The zero-order valence-electron chi connectivity index (χ0n) is 11.2. The van der Waals surface area contributed by atoms with E-state index >= 15 is 0 Å². The number of aromatic amines is 1. The Morgan fingerprint density at radius 1 is 1.17 bits per heavy atom. The second-order valence-electron chi connectivity index (χ2n) is 4.88. The number of hydrogen-bond donors (Lipinski definition) is 1. The first-order chi connectivity index (χ1) is 8.62. The van der Waals surface area contributed by atoms with Gasteiger partial charge in [-0.05, 0) is 37.5 Å². The first-order valence-electron chi connectivity index (χ1n) is 6.48. The second-order valence-corrected chi connectivity index (χ2v) is 5.27. The molecule has 0 saturated carbocycles. The van der Waals surface area contributed by atoms with E-state index in [1.165, 1.54) is 11.3 Å². The minimum atomic E-state index is 0.0717. The molecule has 2 rings (SSSR count). The first kappa shape index (κ1) is 13.1. The van der Waals surface area contributed by atoms with Crippen molar-refractivity contribution < 1.29 is 0 Å². The van der Waals surface area contributed by atoms with Gasteiger partial charge in [-0.2, -0.15) is 0 Å². The van der Waals surface area contributed by atoms with Crippen LogP contribution in [0.15, 0.2) is 36.5 Å². The van der Waals surface area contributed by atoms with Crippen molar-refractivity contribution in [3.8, 4) is 11.3 Å². The Balaban J connectivity index is 2.62. The first-order valence-corrected chi connectivity index (χ1v) is 6.89. The number of imidazole rings is 1. The van der Waals surface area contributed by atoms with E-state index in [2.05, 4.69) is 54.6 Å².